The molecule has 134 valence electrons. The molecule has 2 aliphatic rings. The van der Waals surface area contributed by atoms with E-state index in [-0.39, 0.29) is 36.1 Å². The molecule has 7 heteroatoms. The van der Waals surface area contributed by atoms with Crippen LogP contribution < -0.4 is 11.1 Å². The first-order valence-electron chi connectivity index (χ1n) is 8.36. The lowest BCUT2D eigenvalue weighted by Gasteiger charge is -2.26. The van der Waals surface area contributed by atoms with E-state index in [1.807, 2.05) is 6.07 Å². The number of aromatic nitrogens is 1. The molecule has 2 aliphatic carbocycles. The molecule has 4 rings (SSSR count). The van der Waals surface area contributed by atoms with Crippen molar-refractivity contribution in [3.63, 3.8) is 0 Å². The first kappa shape index (κ1) is 18.3. The second-order valence-electron chi connectivity index (χ2n) is 6.86. The van der Waals surface area contributed by atoms with Crippen molar-refractivity contribution in [1.82, 2.24) is 4.98 Å². The summed E-state index contributed by atoms with van der Waals surface area (Å²) < 4.78 is 13.2. The third kappa shape index (κ3) is 3.71. The fourth-order valence-corrected chi connectivity index (χ4v) is 5.06. The number of thiazole rings is 1. The Morgan fingerprint density at radius 3 is 2.88 bits per heavy atom. The number of carbonyl (C=O) groups excluding carboxylic acids is 1. The molecule has 1 amide bonds. The molecule has 2 fully saturated rings. The number of halogens is 2. The molecule has 2 saturated carbocycles. The summed E-state index contributed by atoms with van der Waals surface area (Å²) >= 11 is 1.44. The van der Waals surface area contributed by atoms with Crippen molar-refractivity contribution in [2.24, 2.45) is 23.5 Å². The van der Waals surface area contributed by atoms with Crippen molar-refractivity contribution in [1.29, 1.82) is 0 Å². The topological polar surface area (TPSA) is 68.0 Å². The minimum absolute atomic E-state index is 0. The summed E-state index contributed by atoms with van der Waals surface area (Å²) in [5.74, 6) is 0.610. The predicted octanol–water partition coefficient (Wildman–Crippen LogP) is 3.61. The zero-order chi connectivity index (χ0) is 16.7. The van der Waals surface area contributed by atoms with E-state index in [0.29, 0.717) is 23.4 Å². The number of fused-ring (bicyclic) bond motifs is 2. The molecular weight excluding hydrogens is 361 g/mol. The van der Waals surface area contributed by atoms with Crippen LogP contribution in [0.3, 0.4) is 0 Å². The van der Waals surface area contributed by atoms with Gasteiger partial charge < -0.3 is 11.1 Å². The molecule has 1 heterocycles. The van der Waals surface area contributed by atoms with Gasteiger partial charge in [0.25, 0.3) is 0 Å². The van der Waals surface area contributed by atoms with Gasteiger partial charge in [-0.2, -0.15) is 0 Å². The van der Waals surface area contributed by atoms with Crippen LogP contribution in [0.5, 0.6) is 0 Å². The van der Waals surface area contributed by atoms with Crippen LogP contribution in [0.2, 0.25) is 0 Å². The normalized spacial score (nSPS) is 27.1. The highest BCUT2D eigenvalue weighted by atomic mass is 35.5. The fraction of sp³-hybridized carbons (Fsp3) is 0.444. The summed E-state index contributed by atoms with van der Waals surface area (Å²) in [6, 6.07) is 6.52. The second kappa shape index (κ2) is 7.40. The molecule has 0 aliphatic heterocycles. The highest BCUT2D eigenvalue weighted by molar-refractivity contribution is 7.15. The van der Waals surface area contributed by atoms with Crippen molar-refractivity contribution < 1.29 is 9.18 Å². The maximum Gasteiger partial charge on any atom is 0.231 e. The first-order chi connectivity index (χ1) is 11.6. The monoisotopic (exact) mass is 381 g/mol. The summed E-state index contributed by atoms with van der Waals surface area (Å²) in [6.07, 6.45) is 5.70. The minimum Gasteiger partial charge on any atom is -0.327 e. The number of amides is 1. The smallest absolute Gasteiger partial charge is 0.231 e. The van der Waals surface area contributed by atoms with Crippen LogP contribution in [0.15, 0.2) is 30.5 Å². The third-order valence-corrected chi connectivity index (χ3v) is 6.25. The average Bonchev–Trinajstić information content (AvgIpc) is 3.23. The van der Waals surface area contributed by atoms with E-state index in [9.17, 15) is 9.18 Å². The van der Waals surface area contributed by atoms with Crippen LogP contribution in [0.25, 0.3) is 0 Å². The molecule has 4 unspecified atom stereocenters. The average molecular weight is 382 g/mol. The highest BCUT2D eigenvalue weighted by Gasteiger charge is 2.49. The standard InChI is InChI=1S/C18H20FN3OS.ClH/c19-13-3-1-2-10(6-13)7-14-9-21-18(24-14)22-17(23)15-11-4-5-12(8-11)16(15)20;/h1-3,6,9,11-12,15-16H,4-5,7-8,20H2,(H,21,22,23);1H. The van der Waals surface area contributed by atoms with Gasteiger partial charge in [-0.05, 0) is 48.8 Å². The molecule has 1 aromatic carbocycles. The molecule has 4 atom stereocenters. The number of hydrogen-bond donors (Lipinski definition) is 2. The van der Waals surface area contributed by atoms with Gasteiger partial charge in [-0.25, -0.2) is 9.37 Å². The second-order valence-corrected chi connectivity index (χ2v) is 7.98. The number of nitrogens with one attached hydrogen (secondary N) is 1. The van der Waals surface area contributed by atoms with Crippen molar-refractivity contribution in [3.8, 4) is 0 Å². The minimum atomic E-state index is -0.240. The molecule has 2 aromatic rings. The van der Waals surface area contributed by atoms with E-state index < -0.39 is 0 Å². The lowest BCUT2D eigenvalue weighted by atomic mass is 9.84. The molecule has 3 N–H and O–H groups in total. The van der Waals surface area contributed by atoms with Crippen LogP contribution in [0.1, 0.15) is 29.7 Å². The van der Waals surface area contributed by atoms with Crippen molar-refractivity contribution >= 4 is 34.8 Å². The highest BCUT2D eigenvalue weighted by Crippen LogP contribution is 2.48. The molecule has 0 saturated heterocycles. The zero-order valence-corrected chi connectivity index (χ0v) is 15.3. The summed E-state index contributed by atoms with van der Waals surface area (Å²) in [4.78, 5) is 17.8. The Balaban J connectivity index is 0.00000182. The van der Waals surface area contributed by atoms with E-state index in [2.05, 4.69) is 10.3 Å². The van der Waals surface area contributed by atoms with Crippen LogP contribution in [-0.2, 0) is 11.2 Å². The third-order valence-electron chi connectivity index (χ3n) is 5.33. The van der Waals surface area contributed by atoms with E-state index in [1.165, 1.54) is 23.5 Å². The van der Waals surface area contributed by atoms with Crippen molar-refractivity contribution in [3.05, 3.63) is 46.7 Å². The Bertz CT molecular complexity index is 766. The van der Waals surface area contributed by atoms with Gasteiger partial charge in [-0.15, -0.1) is 23.7 Å². The van der Waals surface area contributed by atoms with Gasteiger partial charge >= 0.3 is 0 Å². The van der Waals surface area contributed by atoms with Crippen LogP contribution in [0, 0.1) is 23.6 Å². The quantitative estimate of drug-likeness (QED) is 0.850. The lowest BCUT2D eigenvalue weighted by Crippen LogP contribution is -2.42. The summed E-state index contributed by atoms with van der Waals surface area (Å²) in [7, 11) is 0. The Morgan fingerprint density at radius 2 is 2.16 bits per heavy atom. The van der Waals surface area contributed by atoms with E-state index in [0.717, 1.165) is 29.7 Å². The van der Waals surface area contributed by atoms with Gasteiger partial charge in [-0.3, -0.25) is 4.79 Å². The number of anilines is 1. The summed E-state index contributed by atoms with van der Waals surface area (Å²) in [5, 5.41) is 3.53. The van der Waals surface area contributed by atoms with E-state index >= 15 is 0 Å². The van der Waals surface area contributed by atoms with Crippen molar-refractivity contribution in [2.75, 3.05) is 5.32 Å². The molecule has 25 heavy (non-hydrogen) atoms. The molecule has 4 nitrogen and oxygen atoms in total. The maximum atomic E-state index is 13.2. The largest absolute Gasteiger partial charge is 0.327 e. The molecule has 0 spiro atoms. The van der Waals surface area contributed by atoms with Gasteiger partial charge in [0.1, 0.15) is 5.82 Å². The Morgan fingerprint density at radius 1 is 1.36 bits per heavy atom. The summed E-state index contributed by atoms with van der Waals surface area (Å²) in [6.45, 7) is 0. The maximum absolute atomic E-state index is 13.2. The number of nitrogens with two attached hydrogens (primary N) is 1. The Hall–Kier alpha value is -1.50. The fourth-order valence-electron chi connectivity index (χ4n) is 4.21. The van der Waals surface area contributed by atoms with Gasteiger partial charge in [0.05, 0.1) is 5.92 Å². The SMILES string of the molecule is Cl.NC1C2CCC(C2)C1C(=O)Nc1ncc(Cc2cccc(F)c2)s1. The van der Waals surface area contributed by atoms with E-state index in [1.54, 1.807) is 12.3 Å². The molecule has 0 radical (unpaired) electrons. The van der Waals surface area contributed by atoms with Crippen LogP contribution >= 0.6 is 23.7 Å². The Labute approximate surface area is 156 Å². The molecule has 2 bridgehead atoms. The zero-order valence-electron chi connectivity index (χ0n) is 13.7. The first-order valence-corrected chi connectivity index (χ1v) is 9.17. The predicted molar refractivity (Wildman–Crippen MR) is 99.5 cm³/mol. The number of carbonyl (C=O) groups is 1. The van der Waals surface area contributed by atoms with Crippen LogP contribution in [-0.4, -0.2) is 16.9 Å². The number of rotatable bonds is 4. The van der Waals surface area contributed by atoms with Crippen LogP contribution in [0.4, 0.5) is 9.52 Å². The number of hydrogen-bond acceptors (Lipinski definition) is 4. The van der Waals surface area contributed by atoms with Gasteiger partial charge in [0.2, 0.25) is 5.91 Å². The number of nitrogens with zero attached hydrogens (tertiary/aromatic N) is 1. The van der Waals surface area contributed by atoms with Gasteiger partial charge in [-0.1, -0.05) is 12.1 Å². The van der Waals surface area contributed by atoms with Gasteiger partial charge in [0.15, 0.2) is 5.13 Å². The summed E-state index contributed by atoms with van der Waals surface area (Å²) in [5.41, 5.74) is 7.12. The lowest BCUT2D eigenvalue weighted by molar-refractivity contribution is -0.121. The number of benzene rings is 1. The van der Waals surface area contributed by atoms with E-state index in [4.69, 9.17) is 5.73 Å². The molecule has 1 aromatic heterocycles. The molecular formula is C18H21ClFN3OS. The Kier molecular flexibility index (Phi) is 5.41. The van der Waals surface area contributed by atoms with Gasteiger partial charge in [0, 0.05) is 23.5 Å². The van der Waals surface area contributed by atoms with Crippen molar-refractivity contribution in [2.45, 2.75) is 31.7 Å².